The van der Waals surface area contributed by atoms with Gasteiger partial charge in [-0.3, -0.25) is 0 Å². The van der Waals surface area contributed by atoms with Crippen molar-refractivity contribution in [3.05, 3.63) is 0 Å². The number of ether oxygens (including phenoxy) is 1. The number of methoxy groups -OCH3 is 1. The van der Waals surface area contributed by atoms with E-state index >= 15 is 0 Å². The van der Waals surface area contributed by atoms with Gasteiger partial charge in [-0.1, -0.05) is 0 Å². The van der Waals surface area contributed by atoms with Crippen LogP contribution in [0, 0.1) is 11.8 Å². The molecule has 0 radical (unpaired) electrons. The van der Waals surface area contributed by atoms with Crippen molar-refractivity contribution in [2.75, 3.05) is 31.8 Å². The largest absolute Gasteiger partial charge is 0.383 e. The molecule has 2 nitrogen and oxygen atoms in total. The molecule has 2 atom stereocenters. The fourth-order valence-electron chi connectivity index (χ4n) is 3.05. The standard InChI is InChI=1S/C12H23NOS/c1-12(9-14-2)7-11(8-13-12)10-3-5-15-6-4-10/h10-11,13H,3-9H2,1-2H3. The monoisotopic (exact) mass is 229 g/mol. The molecule has 2 rings (SSSR count). The summed E-state index contributed by atoms with van der Waals surface area (Å²) >= 11 is 2.12. The molecule has 88 valence electrons. The Morgan fingerprint density at radius 3 is 2.73 bits per heavy atom. The van der Waals surface area contributed by atoms with Gasteiger partial charge in [0.05, 0.1) is 6.61 Å². The van der Waals surface area contributed by atoms with Crippen molar-refractivity contribution < 1.29 is 4.74 Å². The SMILES string of the molecule is COCC1(C)CC(C2CCSCC2)CN1. The topological polar surface area (TPSA) is 21.3 Å². The Morgan fingerprint density at radius 1 is 1.33 bits per heavy atom. The molecule has 2 unspecified atom stereocenters. The van der Waals surface area contributed by atoms with Crippen LogP contribution in [0.5, 0.6) is 0 Å². The predicted octanol–water partition coefficient (Wildman–Crippen LogP) is 2.14. The van der Waals surface area contributed by atoms with Crippen LogP contribution in [0.2, 0.25) is 0 Å². The van der Waals surface area contributed by atoms with Crippen molar-refractivity contribution in [2.45, 2.75) is 31.7 Å². The van der Waals surface area contributed by atoms with Crippen LogP contribution < -0.4 is 5.32 Å². The third kappa shape index (κ3) is 2.89. The summed E-state index contributed by atoms with van der Waals surface area (Å²) < 4.78 is 5.30. The van der Waals surface area contributed by atoms with Crippen molar-refractivity contribution in [3.8, 4) is 0 Å². The van der Waals surface area contributed by atoms with Gasteiger partial charge in [0.15, 0.2) is 0 Å². The number of thioether (sulfide) groups is 1. The van der Waals surface area contributed by atoms with E-state index < -0.39 is 0 Å². The maximum absolute atomic E-state index is 5.30. The highest BCUT2D eigenvalue weighted by Crippen LogP contribution is 2.36. The van der Waals surface area contributed by atoms with Crippen molar-refractivity contribution >= 4 is 11.8 Å². The highest BCUT2D eigenvalue weighted by Gasteiger charge is 2.38. The summed E-state index contributed by atoms with van der Waals surface area (Å²) in [6.07, 6.45) is 4.16. The lowest BCUT2D eigenvalue weighted by atomic mass is 9.83. The molecule has 0 aromatic carbocycles. The van der Waals surface area contributed by atoms with E-state index in [4.69, 9.17) is 4.74 Å². The number of rotatable bonds is 3. The highest BCUT2D eigenvalue weighted by atomic mass is 32.2. The molecule has 2 aliphatic rings. The second-order valence-electron chi connectivity index (χ2n) is 5.29. The van der Waals surface area contributed by atoms with Crippen LogP contribution in [0.4, 0.5) is 0 Å². The average molecular weight is 229 g/mol. The first-order valence-corrected chi connectivity index (χ1v) is 7.21. The van der Waals surface area contributed by atoms with Gasteiger partial charge in [-0.05, 0) is 56.1 Å². The third-order valence-electron chi connectivity index (χ3n) is 3.90. The van der Waals surface area contributed by atoms with Crippen molar-refractivity contribution in [2.24, 2.45) is 11.8 Å². The summed E-state index contributed by atoms with van der Waals surface area (Å²) in [6.45, 7) is 4.36. The molecule has 0 bridgehead atoms. The lowest BCUT2D eigenvalue weighted by molar-refractivity contribution is 0.126. The molecule has 1 N–H and O–H groups in total. The fourth-order valence-corrected chi connectivity index (χ4v) is 4.19. The van der Waals surface area contributed by atoms with Crippen molar-refractivity contribution in [1.82, 2.24) is 5.32 Å². The van der Waals surface area contributed by atoms with Crippen LogP contribution in [0.15, 0.2) is 0 Å². The molecule has 15 heavy (non-hydrogen) atoms. The van der Waals surface area contributed by atoms with Crippen LogP contribution in [0.25, 0.3) is 0 Å². The Kier molecular flexibility index (Phi) is 3.97. The van der Waals surface area contributed by atoms with Gasteiger partial charge in [0.2, 0.25) is 0 Å². The molecule has 2 heterocycles. The van der Waals surface area contributed by atoms with E-state index in [1.54, 1.807) is 7.11 Å². The quantitative estimate of drug-likeness (QED) is 0.801. The average Bonchev–Trinajstić information content (AvgIpc) is 2.63. The lowest BCUT2D eigenvalue weighted by Gasteiger charge is -2.28. The molecule has 2 aliphatic heterocycles. The Hall–Kier alpha value is 0.270. The van der Waals surface area contributed by atoms with Gasteiger partial charge in [0.1, 0.15) is 0 Å². The first-order valence-electron chi connectivity index (χ1n) is 6.05. The summed E-state index contributed by atoms with van der Waals surface area (Å²) in [5, 5.41) is 3.65. The van der Waals surface area contributed by atoms with Crippen molar-refractivity contribution in [3.63, 3.8) is 0 Å². The fraction of sp³-hybridized carbons (Fsp3) is 1.00. The number of nitrogens with one attached hydrogen (secondary N) is 1. The van der Waals surface area contributed by atoms with Gasteiger partial charge >= 0.3 is 0 Å². The summed E-state index contributed by atoms with van der Waals surface area (Å²) in [5.41, 5.74) is 0.240. The van der Waals surface area contributed by atoms with Crippen LogP contribution in [-0.2, 0) is 4.74 Å². The van der Waals surface area contributed by atoms with Gasteiger partial charge in [-0.2, -0.15) is 11.8 Å². The molecule has 0 amide bonds. The normalized spacial score (nSPS) is 38.4. The molecule has 0 aliphatic carbocycles. The summed E-state index contributed by atoms with van der Waals surface area (Å²) in [7, 11) is 1.80. The van der Waals surface area contributed by atoms with Gasteiger partial charge in [-0.25, -0.2) is 0 Å². The first-order chi connectivity index (χ1) is 7.23. The molecule has 2 fully saturated rings. The summed E-state index contributed by atoms with van der Waals surface area (Å²) in [5.74, 6) is 4.62. The second-order valence-corrected chi connectivity index (χ2v) is 6.51. The molecule has 0 aromatic heterocycles. The molecule has 0 saturated carbocycles. The Labute approximate surface area is 97.5 Å². The Morgan fingerprint density at radius 2 is 2.07 bits per heavy atom. The second kappa shape index (κ2) is 5.07. The molecule has 0 spiro atoms. The zero-order chi connectivity index (χ0) is 10.7. The maximum atomic E-state index is 5.30. The van der Waals surface area contributed by atoms with Crippen LogP contribution >= 0.6 is 11.8 Å². The number of hydrogen-bond donors (Lipinski definition) is 1. The lowest BCUT2D eigenvalue weighted by Crippen LogP contribution is -2.40. The van der Waals surface area contributed by atoms with Gasteiger partial charge < -0.3 is 10.1 Å². The third-order valence-corrected chi connectivity index (χ3v) is 4.95. The smallest absolute Gasteiger partial charge is 0.0641 e. The zero-order valence-corrected chi connectivity index (χ0v) is 10.7. The van der Waals surface area contributed by atoms with E-state index in [1.165, 1.54) is 37.3 Å². The van der Waals surface area contributed by atoms with Crippen LogP contribution in [-0.4, -0.2) is 37.3 Å². The minimum absolute atomic E-state index is 0.240. The summed E-state index contributed by atoms with van der Waals surface area (Å²) in [6, 6.07) is 0. The molecular formula is C12H23NOS. The minimum atomic E-state index is 0.240. The van der Waals surface area contributed by atoms with Gasteiger partial charge in [0.25, 0.3) is 0 Å². The van der Waals surface area contributed by atoms with Gasteiger partial charge in [0, 0.05) is 12.6 Å². The molecular weight excluding hydrogens is 206 g/mol. The molecule has 2 saturated heterocycles. The van der Waals surface area contributed by atoms with Crippen LogP contribution in [0.3, 0.4) is 0 Å². The van der Waals surface area contributed by atoms with E-state index in [0.717, 1.165) is 18.4 Å². The van der Waals surface area contributed by atoms with Gasteiger partial charge in [-0.15, -0.1) is 0 Å². The van der Waals surface area contributed by atoms with E-state index in [9.17, 15) is 0 Å². The minimum Gasteiger partial charge on any atom is -0.383 e. The Balaban J connectivity index is 1.85. The van der Waals surface area contributed by atoms with E-state index in [-0.39, 0.29) is 5.54 Å². The summed E-state index contributed by atoms with van der Waals surface area (Å²) in [4.78, 5) is 0. The molecule has 3 heteroatoms. The highest BCUT2D eigenvalue weighted by molar-refractivity contribution is 7.99. The van der Waals surface area contributed by atoms with Crippen molar-refractivity contribution in [1.29, 1.82) is 0 Å². The van der Waals surface area contributed by atoms with E-state index in [1.807, 2.05) is 0 Å². The maximum Gasteiger partial charge on any atom is 0.0641 e. The zero-order valence-electron chi connectivity index (χ0n) is 9.92. The predicted molar refractivity (Wildman–Crippen MR) is 66.4 cm³/mol. The van der Waals surface area contributed by atoms with E-state index in [2.05, 4.69) is 24.0 Å². The van der Waals surface area contributed by atoms with E-state index in [0.29, 0.717) is 0 Å². The first kappa shape index (κ1) is 11.7. The van der Waals surface area contributed by atoms with Crippen LogP contribution in [0.1, 0.15) is 26.2 Å². The number of hydrogen-bond acceptors (Lipinski definition) is 3. The Bertz CT molecular complexity index is 206. The molecule has 0 aromatic rings.